The summed E-state index contributed by atoms with van der Waals surface area (Å²) in [6.45, 7) is 0.705. The minimum absolute atomic E-state index is 0.165. The number of hydrogen-bond donors (Lipinski definition) is 2. The number of aromatic amines is 1. The van der Waals surface area contributed by atoms with Crippen LogP contribution in [0.5, 0.6) is 11.5 Å². The number of carbonyl (C=O) groups excluding carboxylic acids is 1. The Hall–Kier alpha value is -2.37. The van der Waals surface area contributed by atoms with Crippen LogP contribution < -0.4 is 19.8 Å². The van der Waals surface area contributed by atoms with Gasteiger partial charge < -0.3 is 19.2 Å². The zero-order valence-corrected chi connectivity index (χ0v) is 17.4. The van der Waals surface area contributed by atoms with Crippen LogP contribution in [0, 0.1) is 0 Å². The fourth-order valence-corrected chi connectivity index (χ4v) is 4.77. The maximum Gasteiger partial charge on any atom is 0.270 e. The van der Waals surface area contributed by atoms with Crippen molar-refractivity contribution in [3.63, 3.8) is 0 Å². The average Bonchev–Trinajstić information content (AvgIpc) is 2.66. The summed E-state index contributed by atoms with van der Waals surface area (Å²) in [7, 11) is -1.53. The van der Waals surface area contributed by atoms with Gasteiger partial charge in [0.25, 0.3) is 21.5 Å². The first-order valence-corrected chi connectivity index (χ1v) is 10.4. The molecular formula is C17H17BrN2O7S. The maximum atomic E-state index is 12.7. The van der Waals surface area contributed by atoms with Gasteiger partial charge in [-0.3, -0.25) is 9.59 Å². The molecule has 1 amide bonds. The summed E-state index contributed by atoms with van der Waals surface area (Å²) in [5.41, 5.74) is 0.336. The standard InChI is InChI=1S/C17H17BrN2O7S/c1-25-13-6-11(18)15(7-14(13)26-2)28(23,24)20-17(22)10-5-9-8-27-4-3-12(9)19-16(10)21/h5-7H,3-4,8H2,1-2H3,(H,19,21)(H,20,22). The summed E-state index contributed by atoms with van der Waals surface area (Å²) in [5, 5.41) is 0. The number of benzene rings is 1. The lowest BCUT2D eigenvalue weighted by Crippen LogP contribution is -2.35. The van der Waals surface area contributed by atoms with E-state index in [1.54, 1.807) is 0 Å². The molecule has 28 heavy (non-hydrogen) atoms. The largest absolute Gasteiger partial charge is 0.493 e. The molecular weight excluding hydrogens is 456 g/mol. The Morgan fingerprint density at radius 2 is 1.89 bits per heavy atom. The van der Waals surface area contributed by atoms with Crippen molar-refractivity contribution < 1.29 is 27.4 Å². The molecule has 0 aliphatic carbocycles. The molecule has 11 heteroatoms. The molecule has 0 spiro atoms. The van der Waals surface area contributed by atoms with Gasteiger partial charge in [-0.05, 0) is 33.6 Å². The minimum Gasteiger partial charge on any atom is -0.493 e. The van der Waals surface area contributed by atoms with Gasteiger partial charge in [-0.25, -0.2) is 13.1 Å². The molecule has 1 aromatic carbocycles. The molecule has 0 atom stereocenters. The van der Waals surface area contributed by atoms with E-state index < -0.39 is 21.5 Å². The van der Waals surface area contributed by atoms with Gasteiger partial charge in [-0.1, -0.05) is 0 Å². The highest BCUT2D eigenvalue weighted by Gasteiger charge is 2.26. The second-order valence-electron chi connectivity index (χ2n) is 5.89. The summed E-state index contributed by atoms with van der Waals surface area (Å²) >= 11 is 3.15. The number of fused-ring (bicyclic) bond motifs is 1. The van der Waals surface area contributed by atoms with E-state index in [4.69, 9.17) is 14.2 Å². The van der Waals surface area contributed by atoms with Crippen molar-refractivity contribution >= 4 is 31.9 Å². The van der Waals surface area contributed by atoms with E-state index in [0.29, 0.717) is 30.0 Å². The van der Waals surface area contributed by atoms with Crippen LogP contribution >= 0.6 is 15.9 Å². The Morgan fingerprint density at radius 3 is 2.57 bits per heavy atom. The molecule has 0 saturated carbocycles. The average molecular weight is 473 g/mol. The van der Waals surface area contributed by atoms with Crippen molar-refractivity contribution in [3.05, 3.63) is 49.8 Å². The van der Waals surface area contributed by atoms with Gasteiger partial charge in [0.1, 0.15) is 10.5 Å². The summed E-state index contributed by atoms with van der Waals surface area (Å²) in [6, 6.07) is 3.96. The molecule has 0 fully saturated rings. The van der Waals surface area contributed by atoms with Crippen molar-refractivity contribution in [3.8, 4) is 11.5 Å². The highest BCUT2D eigenvalue weighted by molar-refractivity contribution is 9.10. The lowest BCUT2D eigenvalue weighted by atomic mass is 10.1. The number of hydrogen-bond acceptors (Lipinski definition) is 7. The summed E-state index contributed by atoms with van der Waals surface area (Å²) < 4.78 is 43.0. The normalized spacial score (nSPS) is 13.5. The van der Waals surface area contributed by atoms with E-state index in [9.17, 15) is 18.0 Å². The molecule has 2 heterocycles. The number of ether oxygens (including phenoxy) is 3. The van der Waals surface area contributed by atoms with Gasteiger partial charge in [-0.2, -0.15) is 0 Å². The van der Waals surface area contributed by atoms with E-state index in [1.807, 2.05) is 4.72 Å². The Balaban J connectivity index is 1.95. The topological polar surface area (TPSA) is 124 Å². The van der Waals surface area contributed by atoms with Gasteiger partial charge in [0.15, 0.2) is 11.5 Å². The van der Waals surface area contributed by atoms with Crippen LogP contribution in [0.15, 0.2) is 32.4 Å². The molecule has 2 aromatic rings. The molecule has 0 saturated heterocycles. The summed E-state index contributed by atoms with van der Waals surface area (Å²) in [5.74, 6) is -0.565. The monoisotopic (exact) mass is 472 g/mol. The molecule has 2 N–H and O–H groups in total. The number of carbonyl (C=O) groups is 1. The fourth-order valence-electron chi connectivity index (χ4n) is 2.76. The predicted molar refractivity (Wildman–Crippen MR) is 102 cm³/mol. The van der Waals surface area contributed by atoms with Crippen molar-refractivity contribution in [2.45, 2.75) is 17.9 Å². The summed E-state index contributed by atoms with van der Waals surface area (Å²) in [6.07, 6.45) is 0.517. The third-order valence-electron chi connectivity index (χ3n) is 4.17. The number of sulfonamides is 1. The van der Waals surface area contributed by atoms with Crippen LogP contribution in [0.1, 0.15) is 21.6 Å². The zero-order valence-electron chi connectivity index (χ0n) is 15.0. The molecule has 1 aliphatic heterocycles. The predicted octanol–water partition coefficient (Wildman–Crippen LogP) is 1.35. The third kappa shape index (κ3) is 3.91. The van der Waals surface area contributed by atoms with Gasteiger partial charge in [0.05, 0.1) is 27.4 Å². The van der Waals surface area contributed by atoms with Gasteiger partial charge in [0, 0.05) is 22.7 Å². The first-order chi connectivity index (χ1) is 13.3. The first kappa shape index (κ1) is 20.4. The van der Waals surface area contributed by atoms with E-state index in [-0.39, 0.29) is 27.3 Å². The molecule has 1 aromatic heterocycles. The SMILES string of the molecule is COc1cc(Br)c(S(=O)(=O)NC(=O)c2cc3c([nH]c2=O)CCOC3)cc1OC. The number of amides is 1. The van der Waals surface area contributed by atoms with Crippen molar-refractivity contribution in [2.75, 3.05) is 20.8 Å². The number of rotatable bonds is 5. The van der Waals surface area contributed by atoms with Gasteiger partial charge in [0.2, 0.25) is 0 Å². The molecule has 0 radical (unpaired) electrons. The number of methoxy groups -OCH3 is 2. The Kier molecular flexibility index (Phi) is 5.77. The zero-order chi connectivity index (χ0) is 20.5. The quantitative estimate of drug-likeness (QED) is 0.672. The van der Waals surface area contributed by atoms with Crippen molar-refractivity contribution in [1.82, 2.24) is 9.71 Å². The lowest BCUT2D eigenvalue weighted by molar-refractivity contribution is 0.0975. The highest BCUT2D eigenvalue weighted by Crippen LogP contribution is 2.35. The molecule has 1 aliphatic rings. The Morgan fingerprint density at radius 1 is 1.21 bits per heavy atom. The number of nitrogens with one attached hydrogen (secondary N) is 2. The summed E-state index contributed by atoms with van der Waals surface area (Å²) in [4.78, 5) is 27.1. The third-order valence-corrected chi connectivity index (χ3v) is 6.46. The fraction of sp³-hybridized carbons (Fsp3) is 0.294. The minimum atomic E-state index is -4.30. The Bertz CT molecular complexity index is 1100. The number of pyridine rings is 1. The van der Waals surface area contributed by atoms with Crippen LogP contribution in [0.25, 0.3) is 0 Å². The van der Waals surface area contributed by atoms with E-state index in [1.165, 1.54) is 32.4 Å². The Labute approximate surface area is 169 Å². The maximum absolute atomic E-state index is 12.7. The van der Waals surface area contributed by atoms with Crippen LogP contribution in [0.4, 0.5) is 0 Å². The first-order valence-electron chi connectivity index (χ1n) is 8.08. The van der Waals surface area contributed by atoms with Crippen LogP contribution in [-0.4, -0.2) is 40.1 Å². The van der Waals surface area contributed by atoms with Gasteiger partial charge >= 0.3 is 0 Å². The van der Waals surface area contributed by atoms with E-state index in [2.05, 4.69) is 20.9 Å². The van der Waals surface area contributed by atoms with Gasteiger partial charge in [-0.15, -0.1) is 0 Å². The number of aromatic nitrogens is 1. The van der Waals surface area contributed by atoms with E-state index in [0.717, 1.165) is 0 Å². The smallest absolute Gasteiger partial charge is 0.270 e. The van der Waals surface area contributed by atoms with E-state index >= 15 is 0 Å². The van der Waals surface area contributed by atoms with Crippen LogP contribution in [0.3, 0.4) is 0 Å². The second-order valence-corrected chi connectivity index (χ2v) is 8.40. The van der Waals surface area contributed by atoms with Crippen molar-refractivity contribution in [2.24, 2.45) is 0 Å². The highest BCUT2D eigenvalue weighted by atomic mass is 79.9. The molecule has 150 valence electrons. The molecule has 9 nitrogen and oxygen atoms in total. The number of halogens is 1. The molecule has 0 unspecified atom stereocenters. The van der Waals surface area contributed by atoms with Crippen LogP contribution in [0.2, 0.25) is 0 Å². The second kappa shape index (κ2) is 7.94. The number of H-pyrrole nitrogens is 1. The lowest BCUT2D eigenvalue weighted by Gasteiger charge is -2.17. The van der Waals surface area contributed by atoms with Crippen molar-refractivity contribution in [1.29, 1.82) is 0 Å². The molecule has 0 bridgehead atoms. The van der Waals surface area contributed by atoms with Crippen LogP contribution in [-0.2, 0) is 27.8 Å². The molecule has 3 rings (SSSR count).